The van der Waals surface area contributed by atoms with Gasteiger partial charge in [-0.1, -0.05) is 0 Å². The van der Waals surface area contributed by atoms with Gasteiger partial charge in [0.05, 0.1) is 6.61 Å². The van der Waals surface area contributed by atoms with Crippen molar-refractivity contribution in [3.8, 4) is 0 Å². The molecule has 2 aromatic rings. The second-order valence-corrected chi connectivity index (χ2v) is 10.2. The highest BCUT2D eigenvalue weighted by molar-refractivity contribution is 7.89. The minimum atomic E-state index is -3.90. The van der Waals surface area contributed by atoms with E-state index in [0.717, 1.165) is 5.69 Å². The molecule has 0 aliphatic carbocycles. The highest BCUT2D eigenvalue weighted by Gasteiger charge is 2.36. The zero-order valence-electron chi connectivity index (χ0n) is 19.0. The van der Waals surface area contributed by atoms with Crippen molar-refractivity contribution in [1.82, 2.24) is 9.21 Å². The molecule has 0 N–H and O–H groups in total. The molecule has 9 nitrogen and oxygen atoms in total. The van der Waals surface area contributed by atoms with E-state index in [0.29, 0.717) is 39.0 Å². The number of carbonyl (C=O) groups is 2. The van der Waals surface area contributed by atoms with Crippen molar-refractivity contribution >= 4 is 27.6 Å². The summed E-state index contributed by atoms with van der Waals surface area (Å²) >= 11 is 0. The number of piperazine rings is 1. The maximum Gasteiger partial charge on any atom is 0.374 e. The molecule has 4 rings (SSSR count). The molecule has 2 aliphatic heterocycles. The van der Waals surface area contributed by atoms with Crippen LogP contribution in [0.5, 0.6) is 0 Å². The number of furan rings is 1. The molecule has 0 radical (unpaired) electrons. The van der Waals surface area contributed by atoms with E-state index in [1.807, 2.05) is 4.90 Å². The fourth-order valence-electron chi connectivity index (χ4n) is 4.34. The Hall–Kier alpha value is -2.92. The number of hydrogen-bond donors (Lipinski definition) is 0. The fraction of sp³-hybridized carbons (Fsp3) is 0.478. The van der Waals surface area contributed by atoms with Gasteiger partial charge in [-0.25, -0.2) is 17.6 Å². The topological polar surface area (TPSA) is 100 Å². The summed E-state index contributed by atoms with van der Waals surface area (Å²) in [5, 5.41) is -0.308. The minimum Gasteiger partial charge on any atom is -0.460 e. The zero-order valence-corrected chi connectivity index (χ0v) is 19.8. The number of hydrogen-bond acceptors (Lipinski definition) is 7. The molecule has 184 valence electrons. The van der Waals surface area contributed by atoms with Crippen LogP contribution < -0.4 is 4.90 Å². The van der Waals surface area contributed by atoms with Gasteiger partial charge in [0.25, 0.3) is 10.0 Å². The van der Waals surface area contributed by atoms with Crippen LogP contribution in [0.2, 0.25) is 0 Å². The Kier molecular flexibility index (Phi) is 7.22. The van der Waals surface area contributed by atoms with E-state index in [2.05, 4.69) is 4.90 Å². The number of ether oxygens (including phenoxy) is 1. The quantitative estimate of drug-likeness (QED) is 0.570. The molecule has 1 amide bonds. The number of sulfonamides is 1. The van der Waals surface area contributed by atoms with E-state index >= 15 is 0 Å². The van der Waals surface area contributed by atoms with Crippen LogP contribution >= 0.6 is 0 Å². The summed E-state index contributed by atoms with van der Waals surface area (Å²) in [6, 6.07) is 8.85. The van der Waals surface area contributed by atoms with Gasteiger partial charge < -0.3 is 19.0 Å². The van der Waals surface area contributed by atoms with Gasteiger partial charge in [0.2, 0.25) is 16.8 Å². The minimum absolute atomic E-state index is 0.0402. The first kappa shape index (κ1) is 24.2. The van der Waals surface area contributed by atoms with Crippen LogP contribution in [0, 0.1) is 11.7 Å². The van der Waals surface area contributed by atoms with Gasteiger partial charge >= 0.3 is 5.97 Å². The van der Waals surface area contributed by atoms with E-state index in [4.69, 9.17) is 9.15 Å². The van der Waals surface area contributed by atoms with E-state index in [9.17, 15) is 22.4 Å². The monoisotopic (exact) mass is 493 g/mol. The maximum atomic E-state index is 13.2. The summed E-state index contributed by atoms with van der Waals surface area (Å²) in [4.78, 5) is 28.7. The number of esters is 1. The molecule has 0 spiro atoms. The van der Waals surface area contributed by atoms with Crippen molar-refractivity contribution in [1.29, 1.82) is 0 Å². The van der Waals surface area contributed by atoms with Crippen molar-refractivity contribution < 1.29 is 31.6 Å². The largest absolute Gasteiger partial charge is 0.460 e. The van der Waals surface area contributed by atoms with Gasteiger partial charge in [-0.05, 0) is 56.2 Å². The first-order valence-electron chi connectivity index (χ1n) is 11.4. The number of nitrogens with zero attached hydrogens (tertiary/aromatic N) is 3. The lowest BCUT2D eigenvalue weighted by molar-refractivity contribution is -0.137. The Morgan fingerprint density at radius 2 is 1.65 bits per heavy atom. The number of rotatable bonds is 6. The number of carbonyl (C=O) groups excluding carboxylic acids is 2. The number of anilines is 1. The zero-order chi connectivity index (χ0) is 24.3. The third-order valence-electron chi connectivity index (χ3n) is 6.24. The predicted molar refractivity (Wildman–Crippen MR) is 121 cm³/mol. The highest BCUT2D eigenvalue weighted by atomic mass is 32.2. The van der Waals surface area contributed by atoms with Crippen LogP contribution in [-0.4, -0.2) is 75.4 Å². The Bertz CT molecular complexity index is 1120. The summed E-state index contributed by atoms with van der Waals surface area (Å²) in [7, 11) is -3.90. The summed E-state index contributed by atoms with van der Waals surface area (Å²) < 4.78 is 50.3. The fourth-order valence-corrected chi connectivity index (χ4v) is 5.72. The van der Waals surface area contributed by atoms with Gasteiger partial charge in [0.15, 0.2) is 0 Å². The lowest BCUT2D eigenvalue weighted by atomic mass is 9.96. The van der Waals surface area contributed by atoms with Gasteiger partial charge in [0.1, 0.15) is 5.82 Å². The van der Waals surface area contributed by atoms with Crippen LogP contribution in [-0.2, 0) is 19.6 Å². The Morgan fingerprint density at radius 1 is 1.00 bits per heavy atom. The second-order valence-electron chi connectivity index (χ2n) is 8.31. The predicted octanol–water partition coefficient (Wildman–Crippen LogP) is 2.34. The number of halogens is 1. The summed E-state index contributed by atoms with van der Waals surface area (Å²) in [5.74, 6) is -1.36. The summed E-state index contributed by atoms with van der Waals surface area (Å²) in [6.45, 7) is 4.65. The molecule has 34 heavy (non-hydrogen) atoms. The van der Waals surface area contributed by atoms with Gasteiger partial charge in [-0.15, -0.1) is 0 Å². The summed E-state index contributed by atoms with van der Waals surface area (Å²) in [6.07, 6.45) is 0.837. The first-order chi connectivity index (χ1) is 16.3. The van der Waals surface area contributed by atoms with Gasteiger partial charge in [-0.2, -0.15) is 4.31 Å². The standard InChI is InChI=1S/C23H28FN3O6S/c1-2-32-23(29)20-7-8-21(33-20)34(30,31)27-11-9-17(10-12-27)22(28)26-15-13-25(14-16-26)19-5-3-18(24)4-6-19/h3-8,17H,2,9-16H2,1H3. The van der Waals surface area contributed by atoms with Crippen molar-refractivity contribution in [2.45, 2.75) is 24.9 Å². The number of piperidine rings is 1. The van der Waals surface area contributed by atoms with E-state index < -0.39 is 16.0 Å². The Balaban J connectivity index is 1.30. The van der Waals surface area contributed by atoms with Crippen molar-refractivity contribution in [3.05, 3.63) is 48.0 Å². The van der Waals surface area contributed by atoms with Crippen LogP contribution in [0.4, 0.5) is 10.1 Å². The van der Waals surface area contributed by atoms with E-state index in [-0.39, 0.29) is 48.2 Å². The van der Waals surface area contributed by atoms with Crippen molar-refractivity contribution in [2.24, 2.45) is 5.92 Å². The Labute approximate surface area is 198 Å². The molecule has 11 heteroatoms. The molecule has 2 fully saturated rings. The van der Waals surface area contributed by atoms with E-state index in [1.165, 1.54) is 28.6 Å². The molecule has 0 saturated carbocycles. The van der Waals surface area contributed by atoms with Crippen LogP contribution in [0.3, 0.4) is 0 Å². The molecule has 2 aliphatic rings. The third kappa shape index (κ3) is 5.10. The molecular formula is C23H28FN3O6S. The average Bonchev–Trinajstić information content (AvgIpc) is 3.36. The first-order valence-corrected chi connectivity index (χ1v) is 12.8. The van der Waals surface area contributed by atoms with Crippen LogP contribution in [0.1, 0.15) is 30.3 Å². The molecule has 1 aromatic carbocycles. The third-order valence-corrected chi connectivity index (χ3v) is 8.01. The lowest BCUT2D eigenvalue weighted by Gasteiger charge is -2.39. The maximum absolute atomic E-state index is 13.2. The number of amides is 1. The van der Waals surface area contributed by atoms with Crippen molar-refractivity contribution in [3.63, 3.8) is 0 Å². The molecular weight excluding hydrogens is 465 g/mol. The SMILES string of the molecule is CCOC(=O)c1ccc(S(=O)(=O)N2CCC(C(=O)N3CCN(c4ccc(F)cc4)CC3)CC2)o1. The molecule has 0 atom stereocenters. The highest BCUT2D eigenvalue weighted by Crippen LogP contribution is 2.27. The smallest absolute Gasteiger partial charge is 0.374 e. The second kappa shape index (κ2) is 10.1. The normalized spacial score (nSPS) is 18.2. The molecule has 0 unspecified atom stereocenters. The van der Waals surface area contributed by atoms with Gasteiger partial charge in [0, 0.05) is 50.9 Å². The van der Waals surface area contributed by atoms with Crippen molar-refractivity contribution in [2.75, 3.05) is 50.8 Å². The molecule has 3 heterocycles. The average molecular weight is 494 g/mol. The molecule has 0 bridgehead atoms. The van der Waals surface area contributed by atoms with E-state index in [1.54, 1.807) is 19.1 Å². The Morgan fingerprint density at radius 3 is 2.26 bits per heavy atom. The molecule has 2 saturated heterocycles. The lowest BCUT2D eigenvalue weighted by Crippen LogP contribution is -2.52. The van der Waals surface area contributed by atoms with Crippen LogP contribution in [0.25, 0.3) is 0 Å². The van der Waals surface area contributed by atoms with Crippen LogP contribution in [0.15, 0.2) is 45.9 Å². The summed E-state index contributed by atoms with van der Waals surface area (Å²) in [5.41, 5.74) is 0.927. The molecule has 1 aromatic heterocycles. The van der Waals surface area contributed by atoms with Gasteiger partial charge in [-0.3, -0.25) is 4.79 Å². The number of benzene rings is 1.